The molecule has 1 aromatic rings. The van der Waals surface area contributed by atoms with Crippen molar-refractivity contribution < 1.29 is 4.74 Å². The molecule has 1 unspecified atom stereocenters. The van der Waals surface area contributed by atoms with Crippen LogP contribution in [0.5, 0.6) is 0 Å². The van der Waals surface area contributed by atoms with Crippen LogP contribution in [0.3, 0.4) is 0 Å². The summed E-state index contributed by atoms with van der Waals surface area (Å²) in [5.74, 6) is 0.438. The molecule has 3 nitrogen and oxygen atoms in total. The number of anilines is 2. The minimum atomic E-state index is 0.159. The summed E-state index contributed by atoms with van der Waals surface area (Å²) >= 11 is 0. The standard InChI is InChI=1S/C19H32N2O/c1-6-8-21-18-10-14(3)17(20)11-16(18)15(12-19(21,4)5)13-22-9-7-2/h10-11,15H,6-9,12-13,20H2,1-5H3. The highest BCUT2D eigenvalue weighted by atomic mass is 16.5. The minimum absolute atomic E-state index is 0.159. The summed E-state index contributed by atoms with van der Waals surface area (Å²) in [4.78, 5) is 2.56. The van der Waals surface area contributed by atoms with Crippen LogP contribution in [0.15, 0.2) is 12.1 Å². The Hall–Kier alpha value is -1.22. The lowest BCUT2D eigenvalue weighted by molar-refractivity contribution is 0.110. The molecule has 0 spiro atoms. The Morgan fingerprint density at radius 3 is 2.64 bits per heavy atom. The average Bonchev–Trinajstić information content (AvgIpc) is 2.45. The molecular formula is C19H32N2O. The third-order valence-corrected chi connectivity index (χ3v) is 4.74. The van der Waals surface area contributed by atoms with Crippen molar-refractivity contribution >= 4 is 11.4 Å². The van der Waals surface area contributed by atoms with Gasteiger partial charge < -0.3 is 15.4 Å². The third kappa shape index (κ3) is 3.40. The van der Waals surface area contributed by atoms with Gasteiger partial charge in [0.05, 0.1) is 6.61 Å². The van der Waals surface area contributed by atoms with Crippen LogP contribution >= 0.6 is 0 Å². The summed E-state index contributed by atoms with van der Waals surface area (Å²) in [5.41, 5.74) is 11.1. The fraction of sp³-hybridized carbons (Fsp3) is 0.684. The minimum Gasteiger partial charge on any atom is -0.399 e. The van der Waals surface area contributed by atoms with Gasteiger partial charge in [0.2, 0.25) is 0 Å². The Morgan fingerprint density at radius 2 is 2.00 bits per heavy atom. The molecule has 2 N–H and O–H groups in total. The number of aryl methyl sites for hydroxylation is 1. The van der Waals surface area contributed by atoms with E-state index in [0.29, 0.717) is 5.92 Å². The highest BCUT2D eigenvalue weighted by molar-refractivity contribution is 5.67. The zero-order valence-electron chi connectivity index (χ0n) is 14.9. The van der Waals surface area contributed by atoms with Crippen molar-refractivity contribution in [2.24, 2.45) is 0 Å². The number of benzene rings is 1. The second-order valence-electron chi connectivity index (χ2n) is 7.21. The maximum Gasteiger partial charge on any atom is 0.0536 e. The summed E-state index contributed by atoms with van der Waals surface area (Å²) < 4.78 is 5.88. The summed E-state index contributed by atoms with van der Waals surface area (Å²) in [7, 11) is 0. The van der Waals surface area contributed by atoms with E-state index in [0.717, 1.165) is 44.7 Å². The van der Waals surface area contributed by atoms with Crippen LogP contribution in [0.2, 0.25) is 0 Å². The van der Waals surface area contributed by atoms with Crippen LogP contribution in [0.25, 0.3) is 0 Å². The lowest BCUT2D eigenvalue weighted by Crippen LogP contribution is -2.49. The Labute approximate surface area is 135 Å². The second-order valence-corrected chi connectivity index (χ2v) is 7.21. The highest BCUT2D eigenvalue weighted by Crippen LogP contribution is 2.45. The van der Waals surface area contributed by atoms with Gasteiger partial charge in [-0.2, -0.15) is 0 Å². The monoisotopic (exact) mass is 304 g/mol. The van der Waals surface area contributed by atoms with Gasteiger partial charge in [-0.3, -0.25) is 0 Å². The molecule has 0 radical (unpaired) electrons. The second kappa shape index (κ2) is 6.91. The number of hydrogen-bond donors (Lipinski definition) is 1. The molecule has 0 fully saturated rings. The molecule has 0 aliphatic carbocycles. The van der Waals surface area contributed by atoms with E-state index in [9.17, 15) is 0 Å². The first-order chi connectivity index (χ1) is 10.4. The smallest absolute Gasteiger partial charge is 0.0536 e. The fourth-order valence-corrected chi connectivity index (χ4v) is 3.60. The van der Waals surface area contributed by atoms with Crippen molar-refractivity contribution in [1.82, 2.24) is 0 Å². The lowest BCUT2D eigenvalue weighted by atomic mass is 9.78. The van der Waals surface area contributed by atoms with Gasteiger partial charge in [0, 0.05) is 36.0 Å². The van der Waals surface area contributed by atoms with Crippen LogP contribution in [-0.2, 0) is 4.74 Å². The summed E-state index contributed by atoms with van der Waals surface area (Å²) in [6.45, 7) is 13.9. The first kappa shape index (κ1) is 17.1. The van der Waals surface area contributed by atoms with Gasteiger partial charge in [-0.15, -0.1) is 0 Å². The number of ether oxygens (including phenoxy) is 1. The van der Waals surface area contributed by atoms with Crippen molar-refractivity contribution in [2.75, 3.05) is 30.4 Å². The normalized spacial score (nSPS) is 20.0. The molecule has 1 aliphatic rings. The molecule has 1 atom stereocenters. The molecule has 1 aromatic carbocycles. The van der Waals surface area contributed by atoms with Gasteiger partial charge in [0.1, 0.15) is 0 Å². The quantitative estimate of drug-likeness (QED) is 0.622. The van der Waals surface area contributed by atoms with E-state index in [1.54, 1.807) is 0 Å². The van der Waals surface area contributed by atoms with Gasteiger partial charge in [0.15, 0.2) is 0 Å². The molecule has 1 heterocycles. The molecule has 22 heavy (non-hydrogen) atoms. The number of nitrogens with zero attached hydrogens (tertiary/aromatic N) is 1. The van der Waals surface area contributed by atoms with Crippen LogP contribution in [0.4, 0.5) is 11.4 Å². The first-order valence-electron chi connectivity index (χ1n) is 8.66. The Morgan fingerprint density at radius 1 is 1.27 bits per heavy atom. The lowest BCUT2D eigenvalue weighted by Gasteiger charge is -2.48. The fourth-order valence-electron chi connectivity index (χ4n) is 3.60. The highest BCUT2D eigenvalue weighted by Gasteiger charge is 2.37. The van der Waals surface area contributed by atoms with Crippen LogP contribution < -0.4 is 10.6 Å². The SMILES string of the molecule is CCCOCC1CC(C)(C)N(CCC)c2cc(C)c(N)cc21. The maximum absolute atomic E-state index is 6.19. The number of nitrogens with two attached hydrogens (primary N) is 1. The molecule has 1 aliphatic heterocycles. The van der Waals surface area contributed by atoms with E-state index in [4.69, 9.17) is 10.5 Å². The average molecular weight is 304 g/mol. The molecule has 0 saturated heterocycles. The van der Waals surface area contributed by atoms with Gasteiger partial charge in [-0.25, -0.2) is 0 Å². The van der Waals surface area contributed by atoms with Gasteiger partial charge in [0.25, 0.3) is 0 Å². The van der Waals surface area contributed by atoms with E-state index >= 15 is 0 Å². The van der Waals surface area contributed by atoms with Crippen LogP contribution in [0.1, 0.15) is 64.0 Å². The maximum atomic E-state index is 6.19. The van der Waals surface area contributed by atoms with E-state index in [1.165, 1.54) is 16.8 Å². The molecular weight excluding hydrogens is 272 g/mol. The summed E-state index contributed by atoms with van der Waals surface area (Å²) in [5, 5.41) is 0. The van der Waals surface area contributed by atoms with Gasteiger partial charge in [-0.05, 0) is 63.3 Å². The van der Waals surface area contributed by atoms with Gasteiger partial charge >= 0.3 is 0 Å². The van der Waals surface area contributed by atoms with Crippen molar-refractivity contribution in [3.05, 3.63) is 23.3 Å². The molecule has 3 heteroatoms. The predicted octanol–water partition coefficient (Wildman–Crippen LogP) is 4.49. The Balaban J connectivity index is 2.40. The number of fused-ring (bicyclic) bond motifs is 1. The van der Waals surface area contributed by atoms with Crippen molar-refractivity contribution in [3.63, 3.8) is 0 Å². The summed E-state index contributed by atoms with van der Waals surface area (Å²) in [6, 6.07) is 4.45. The van der Waals surface area contributed by atoms with E-state index < -0.39 is 0 Å². The third-order valence-electron chi connectivity index (χ3n) is 4.74. The van der Waals surface area contributed by atoms with Crippen molar-refractivity contribution in [3.8, 4) is 0 Å². The number of rotatable bonds is 6. The Bertz CT molecular complexity index is 510. The van der Waals surface area contributed by atoms with Crippen LogP contribution in [0, 0.1) is 6.92 Å². The molecule has 124 valence electrons. The predicted molar refractivity (Wildman–Crippen MR) is 95.8 cm³/mol. The van der Waals surface area contributed by atoms with Crippen LogP contribution in [-0.4, -0.2) is 25.3 Å². The first-order valence-corrected chi connectivity index (χ1v) is 8.66. The van der Waals surface area contributed by atoms with E-state index in [-0.39, 0.29) is 5.54 Å². The summed E-state index contributed by atoms with van der Waals surface area (Å²) in [6.07, 6.45) is 3.34. The zero-order valence-corrected chi connectivity index (χ0v) is 14.9. The molecule has 0 bridgehead atoms. The number of hydrogen-bond acceptors (Lipinski definition) is 3. The topological polar surface area (TPSA) is 38.5 Å². The Kier molecular flexibility index (Phi) is 5.38. The zero-order chi connectivity index (χ0) is 16.3. The van der Waals surface area contributed by atoms with Gasteiger partial charge in [-0.1, -0.05) is 13.8 Å². The number of nitrogen functional groups attached to an aromatic ring is 1. The molecule has 0 amide bonds. The molecule has 0 aromatic heterocycles. The largest absolute Gasteiger partial charge is 0.399 e. The van der Waals surface area contributed by atoms with E-state index in [2.05, 4.69) is 51.7 Å². The van der Waals surface area contributed by atoms with E-state index in [1.807, 2.05) is 0 Å². The van der Waals surface area contributed by atoms with Crippen molar-refractivity contribution in [2.45, 2.75) is 65.3 Å². The van der Waals surface area contributed by atoms with Crippen molar-refractivity contribution in [1.29, 1.82) is 0 Å². The molecule has 0 saturated carbocycles. The molecule has 2 rings (SSSR count).